The maximum Gasteiger partial charge on any atom is 0.225 e. The highest BCUT2D eigenvalue weighted by Gasteiger charge is 2.32. The molecule has 2 aromatic rings. The first-order valence-corrected chi connectivity index (χ1v) is 8.99. The number of fused-ring (bicyclic) bond motifs is 1. The predicted octanol–water partition coefficient (Wildman–Crippen LogP) is 4.57. The molecule has 0 saturated carbocycles. The average molecular weight is 325 g/mol. The molecule has 1 saturated heterocycles. The summed E-state index contributed by atoms with van der Waals surface area (Å²) < 4.78 is 5.11. The van der Waals surface area contributed by atoms with Crippen molar-refractivity contribution in [1.82, 2.24) is 4.90 Å². The summed E-state index contributed by atoms with van der Waals surface area (Å²) in [6.07, 6.45) is 3.98. The Balaban J connectivity index is 1.81. The Bertz CT molecular complexity index is 692. The molecule has 2 atom stereocenters. The maximum absolute atomic E-state index is 12.9. The second-order valence-electron chi connectivity index (χ2n) is 6.79. The lowest BCUT2D eigenvalue weighted by molar-refractivity contribution is -0.136. The lowest BCUT2D eigenvalue weighted by atomic mass is 9.96. The van der Waals surface area contributed by atoms with Gasteiger partial charge in [0.15, 0.2) is 0 Å². The molecule has 1 aliphatic heterocycles. The summed E-state index contributed by atoms with van der Waals surface area (Å²) in [5.74, 6) is 0.359. The number of hydrogen-bond donors (Lipinski definition) is 0. The van der Waals surface area contributed by atoms with E-state index in [0.29, 0.717) is 5.91 Å². The molecule has 0 spiro atoms. The topological polar surface area (TPSA) is 29.5 Å². The van der Waals surface area contributed by atoms with Gasteiger partial charge in [-0.25, -0.2) is 0 Å². The zero-order valence-electron chi connectivity index (χ0n) is 14.7. The van der Waals surface area contributed by atoms with Crippen molar-refractivity contribution in [2.24, 2.45) is 5.92 Å². The molecular formula is C21H27NO2. The Labute approximate surface area is 144 Å². The highest BCUT2D eigenvalue weighted by molar-refractivity contribution is 5.87. The number of likely N-dealkylation sites (tertiary alicyclic amines) is 1. The van der Waals surface area contributed by atoms with E-state index in [1.54, 1.807) is 7.11 Å². The van der Waals surface area contributed by atoms with Crippen LogP contribution in [-0.4, -0.2) is 31.1 Å². The van der Waals surface area contributed by atoms with Gasteiger partial charge in [-0.3, -0.25) is 4.79 Å². The molecule has 2 aromatic carbocycles. The Morgan fingerprint density at radius 3 is 2.88 bits per heavy atom. The fourth-order valence-corrected chi connectivity index (χ4v) is 3.84. The van der Waals surface area contributed by atoms with Crippen molar-refractivity contribution in [2.75, 3.05) is 20.3 Å². The lowest BCUT2D eigenvalue weighted by Crippen LogP contribution is -2.35. The molecule has 0 aromatic heterocycles. The molecule has 1 aliphatic rings. The lowest BCUT2D eigenvalue weighted by Gasteiger charge is -2.28. The number of methoxy groups -OCH3 is 1. The molecule has 2 unspecified atom stereocenters. The maximum atomic E-state index is 12.9. The number of benzene rings is 2. The molecule has 1 heterocycles. The Morgan fingerprint density at radius 1 is 1.25 bits per heavy atom. The standard InChI is InChI=1S/C21H27NO2/c1-16(8-7-15-24-2)21(23)22-14-6-13-20(22)19-12-5-10-17-9-3-4-11-18(17)19/h3-5,9-12,16,20H,6-8,13-15H2,1-2H3. The first-order chi connectivity index (χ1) is 11.7. The van der Waals surface area contributed by atoms with Crippen LogP contribution in [0.5, 0.6) is 0 Å². The molecule has 0 N–H and O–H groups in total. The minimum Gasteiger partial charge on any atom is -0.385 e. The van der Waals surface area contributed by atoms with E-state index in [-0.39, 0.29) is 12.0 Å². The highest BCUT2D eigenvalue weighted by atomic mass is 16.5. The van der Waals surface area contributed by atoms with Crippen LogP contribution >= 0.6 is 0 Å². The third kappa shape index (κ3) is 3.46. The number of ether oxygens (including phenoxy) is 1. The Kier molecular flexibility index (Phi) is 5.52. The minimum atomic E-state index is 0.0655. The van der Waals surface area contributed by atoms with Crippen LogP contribution in [0.2, 0.25) is 0 Å². The number of rotatable bonds is 6. The molecule has 3 heteroatoms. The zero-order valence-corrected chi connectivity index (χ0v) is 14.7. The molecule has 3 nitrogen and oxygen atoms in total. The van der Waals surface area contributed by atoms with Crippen LogP contribution in [0.3, 0.4) is 0 Å². The average Bonchev–Trinajstić information content (AvgIpc) is 3.10. The third-order valence-corrected chi connectivity index (χ3v) is 5.13. The van der Waals surface area contributed by atoms with Crippen molar-refractivity contribution in [3.8, 4) is 0 Å². The third-order valence-electron chi connectivity index (χ3n) is 5.13. The summed E-state index contributed by atoms with van der Waals surface area (Å²) in [5, 5.41) is 2.53. The van der Waals surface area contributed by atoms with Crippen molar-refractivity contribution in [3.63, 3.8) is 0 Å². The van der Waals surface area contributed by atoms with Crippen molar-refractivity contribution in [2.45, 2.75) is 38.6 Å². The molecule has 3 rings (SSSR count). The Hall–Kier alpha value is -1.87. The fourth-order valence-electron chi connectivity index (χ4n) is 3.84. The van der Waals surface area contributed by atoms with E-state index in [1.165, 1.54) is 16.3 Å². The van der Waals surface area contributed by atoms with E-state index >= 15 is 0 Å². The Morgan fingerprint density at radius 2 is 2.04 bits per heavy atom. The van der Waals surface area contributed by atoms with Crippen LogP contribution in [-0.2, 0) is 9.53 Å². The first-order valence-electron chi connectivity index (χ1n) is 8.99. The zero-order chi connectivity index (χ0) is 16.9. The normalized spacial score (nSPS) is 18.9. The fraction of sp³-hybridized carbons (Fsp3) is 0.476. The number of nitrogens with zero attached hydrogens (tertiary/aromatic N) is 1. The van der Waals surface area contributed by atoms with Gasteiger partial charge in [0.2, 0.25) is 5.91 Å². The SMILES string of the molecule is COCCCC(C)C(=O)N1CCCC1c1cccc2ccccc12. The van der Waals surface area contributed by atoms with Crippen molar-refractivity contribution in [3.05, 3.63) is 48.0 Å². The largest absolute Gasteiger partial charge is 0.385 e. The van der Waals surface area contributed by atoms with E-state index in [2.05, 4.69) is 54.3 Å². The molecule has 0 aliphatic carbocycles. The van der Waals surface area contributed by atoms with Crippen LogP contribution in [0.4, 0.5) is 0 Å². The summed E-state index contributed by atoms with van der Waals surface area (Å²) in [5.41, 5.74) is 1.29. The molecular weight excluding hydrogens is 298 g/mol. The highest BCUT2D eigenvalue weighted by Crippen LogP contribution is 2.37. The van der Waals surface area contributed by atoms with Gasteiger partial charge in [0.1, 0.15) is 0 Å². The van der Waals surface area contributed by atoms with Crippen LogP contribution in [0, 0.1) is 5.92 Å². The summed E-state index contributed by atoms with van der Waals surface area (Å²) in [6.45, 7) is 3.65. The van der Waals surface area contributed by atoms with Crippen LogP contribution < -0.4 is 0 Å². The van der Waals surface area contributed by atoms with Crippen LogP contribution in [0.25, 0.3) is 10.8 Å². The number of hydrogen-bond acceptors (Lipinski definition) is 2. The van der Waals surface area contributed by atoms with Gasteiger partial charge in [-0.2, -0.15) is 0 Å². The predicted molar refractivity (Wildman–Crippen MR) is 97.9 cm³/mol. The van der Waals surface area contributed by atoms with Crippen LogP contribution in [0.15, 0.2) is 42.5 Å². The second-order valence-corrected chi connectivity index (χ2v) is 6.79. The van der Waals surface area contributed by atoms with E-state index in [1.807, 2.05) is 0 Å². The first kappa shape index (κ1) is 17.0. The van der Waals surface area contributed by atoms with Crippen molar-refractivity contribution < 1.29 is 9.53 Å². The molecule has 0 radical (unpaired) electrons. The molecule has 1 fully saturated rings. The summed E-state index contributed by atoms with van der Waals surface area (Å²) in [4.78, 5) is 15.1. The van der Waals surface area contributed by atoms with Gasteiger partial charge in [-0.1, -0.05) is 49.4 Å². The smallest absolute Gasteiger partial charge is 0.225 e. The van der Waals surface area contributed by atoms with Gasteiger partial charge < -0.3 is 9.64 Å². The van der Waals surface area contributed by atoms with Gasteiger partial charge in [0.05, 0.1) is 6.04 Å². The van der Waals surface area contributed by atoms with E-state index in [0.717, 1.165) is 38.8 Å². The van der Waals surface area contributed by atoms with Gasteiger partial charge in [-0.15, -0.1) is 0 Å². The van der Waals surface area contributed by atoms with Gasteiger partial charge in [0, 0.05) is 26.2 Å². The van der Waals surface area contributed by atoms with Crippen LogP contribution in [0.1, 0.15) is 44.2 Å². The van der Waals surface area contributed by atoms with Crippen molar-refractivity contribution in [1.29, 1.82) is 0 Å². The van der Waals surface area contributed by atoms with Gasteiger partial charge in [-0.05, 0) is 42.0 Å². The summed E-state index contributed by atoms with van der Waals surface area (Å²) in [6, 6.07) is 15.1. The van der Waals surface area contributed by atoms with Crippen molar-refractivity contribution >= 4 is 16.7 Å². The monoisotopic (exact) mass is 325 g/mol. The number of carbonyl (C=O) groups is 1. The number of amides is 1. The van der Waals surface area contributed by atoms with Gasteiger partial charge in [0.25, 0.3) is 0 Å². The molecule has 24 heavy (non-hydrogen) atoms. The minimum absolute atomic E-state index is 0.0655. The van der Waals surface area contributed by atoms with Gasteiger partial charge >= 0.3 is 0 Å². The summed E-state index contributed by atoms with van der Waals surface area (Å²) in [7, 11) is 1.71. The van der Waals surface area contributed by atoms with E-state index < -0.39 is 0 Å². The molecule has 0 bridgehead atoms. The molecule has 1 amide bonds. The second kappa shape index (κ2) is 7.80. The van der Waals surface area contributed by atoms with E-state index in [9.17, 15) is 4.79 Å². The number of carbonyl (C=O) groups excluding carboxylic acids is 1. The molecule has 128 valence electrons. The quantitative estimate of drug-likeness (QED) is 0.728. The van der Waals surface area contributed by atoms with E-state index in [4.69, 9.17) is 4.74 Å². The summed E-state index contributed by atoms with van der Waals surface area (Å²) >= 11 is 0.